The van der Waals surface area contributed by atoms with Crippen LogP contribution in [0.25, 0.3) is 0 Å². The number of pyridine rings is 1. The van der Waals surface area contributed by atoms with Gasteiger partial charge in [0.25, 0.3) is 0 Å². The summed E-state index contributed by atoms with van der Waals surface area (Å²) < 4.78 is 0. The third-order valence-corrected chi connectivity index (χ3v) is 2.66. The summed E-state index contributed by atoms with van der Waals surface area (Å²) in [5, 5.41) is 0. The van der Waals surface area contributed by atoms with Crippen molar-refractivity contribution in [3.05, 3.63) is 29.1 Å². The maximum Gasteiger partial charge on any atom is 0.0450 e. The Morgan fingerprint density at radius 3 is 2.77 bits per heavy atom. The first kappa shape index (κ1) is 8.31. The van der Waals surface area contributed by atoms with E-state index in [1.165, 1.54) is 25.0 Å². The smallest absolute Gasteiger partial charge is 0.0450 e. The molecule has 1 fully saturated rings. The van der Waals surface area contributed by atoms with Crippen LogP contribution >= 0.6 is 0 Å². The Morgan fingerprint density at radius 1 is 1.46 bits per heavy atom. The van der Waals surface area contributed by atoms with E-state index in [1.807, 2.05) is 13.0 Å². The van der Waals surface area contributed by atoms with Gasteiger partial charge in [0.2, 0.25) is 0 Å². The fourth-order valence-electron chi connectivity index (χ4n) is 1.69. The van der Waals surface area contributed by atoms with E-state index >= 15 is 0 Å². The molecular weight excluding hydrogens is 158 g/mol. The SMILES string of the molecule is C#Cc1cc(C)nc(C2CCC2)c1. The quantitative estimate of drug-likeness (QED) is 0.592. The third-order valence-electron chi connectivity index (χ3n) is 2.66. The zero-order chi connectivity index (χ0) is 9.26. The molecule has 1 heterocycles. The molecule has 0 unspecified atom stereocenters. The van der Waals surface area contributed by atoms with Gasteiger partial charge >= 0.3 is 0 Å². The van der Waals surface area contributed by atoms with Crippen molar-refractivity contribution >= 4 is 0 Å². The van der Waals surface area contributed by atoms with Crippen LogP contribution in [-0.4, -0.2) is 4.98 Å². The number of nitrogens with zero attached hydrogens (tertiary/aromatic N) is 1. The van der Waals surface area contributed by atoms with E-state index in [0.29, 0.717) is 5.92 Å². The molecule has 1 aliphatic rings. The Kier molecular flexibility index (Phi) is 2.06. The largest absolute Gasteiger partial charge is 0.258 e. The number of hydrogen-bond acceptors (Lipinski definition) is 1. The first-order valence-corrected chi connectivity index (χ1v) is 4.75. The highest BCUT2D eigenvalue weighted by molar-refractivity contribution is 5.35. The van der Waals surface area contributed by atoms with Crippen LogP contribution in [0, 0.1) is 19.3 Å². The molecule has 0 atom stereocenters. The van der Waals surface area contributed by atoms with Crippen molar-refractivity contribution < 1.29 is 0 Å². The standard InChI is InChI=1S/C12H13N/c1-3-10-7-9(2)13-12(8-10)11-5-4-6-11/h1,7-8,11H,4-6H2,2H3. The van der Waals surface area contributed by atoms with E-state index in [-0.39, 0.29) is 0 Å². The lowest BCUT2D eigenvalue weighted by molar-refractivity contribution is 0.410. The Bertz CT molecular complexity index is 356. The summed E-state index contributed by atoms with van der Waals surface area (Å²) in [6.45, 7) is 2.00. The van der Waals surface area contributed by atoms with Crippen LogP contribution in [0.3, 0.4) is 0 Å². The molecule has 13 heavy (non-hydrogen) atoms. The molecule has 1 heteroatoms. The molecular formula is C12H13N. The Labute approximate surface area is 79.2 Å². The van der Waals surface area contributed by atoms with Gasteiger partial charge in [0, 0.05) is 22.9 Å². The maximum absolute atomic E-state index is 5.37. The van der Waals surface area contributed by atoms with Gasteiger partial charge < -0.3 is 0 Å². The summed E-state index contributed by atoms with van der Waals surface area (Å²) in [6.07, 6.45) is 9.26. The lowest BCUT2D eigenvalue weighted by Crippen LogP contribution is -2.11. The number of hydrogen-bond donors (Lipinski definition) is 0. The van der Waals surface area contributed by atoms with Crippen LogP contribution < -0.4 is 0 Å². The summed E-state index contributed by atoms with van der Waals surface area (Å²) in [6, 6.07) is 4.01. The molecule has 0 radical (unpaired) electrons. The van der Waals surface area contributed by atoms with Crippen molar-refractivity contribution in [3.63, 3.8) is 0 Å². The minimum atomic E-state index is 0.673. The van der Waals surface area contributed by atoms with Crippen LogP contribution in [-0.2, 0) is 0 Å². The predicted molar refractivity (Wildman–Crippen MR) is 53.5 cm³/mol. The molecule has 0 spiro atoms. The lowest BCUT2D eigenvalue weighted by Gasteiger charge is -2.25. The summed E-state index contributed by atoms with van der Waals surface area (Å²) in [4.78, 5) is 4.51. The van der Waals surface area contributed by atoms with Crippen LogP contribution in [0.2, 0.25) is 0 Å². The second kappa shape index (κ2) is 3.22. The second-order valence-electron chi connectivity index (χ2n) is 3.69. The monoisotopic (exact) mass is 171 g/mol. The second-order valence-corrected chi connectivity index (χ2v) is 3.69. The molecule has 1 aromatic heterocycles. The average Bonchev–Trinajstić information content (AvgIpc) is 2.00. The molecule has 0 saturated heterocycles. The maximum atomic E-state index is 5.37. The summed E-state index contributed by atoms with van der Waals surface area (Å²) in [5.74, 6) is 3.34. The topological polar surface area (TPSA) is 12.9 Å². The summed E-state index contributed by atoms with van der Waals surface area (Å²) in [7, 11) is 0. The molecule has 2 rings (SSSR count). The van der Waals surface area contributed by atoms with Gasteiger partial charge in [-0.1, -0.05) is 12.3 Å². The van der Waals surface area contributed by atoms with Gasteiger partial charge in [-0.2, -0.15) is 0 Å². The first-order valence-electron chi connectivity index (χ1n) is 4.75. The number of terminal acetylenes is 1. The molecule has 0 aliphatic heterocycles. The molecule has 1 aliphatic carbocycles. The van der Waals surface area contributed by atoms with E-state index in [4.69, 9.17) is 6.42 Å². The predicted octanol–water partition coefficient (Wildman–Crippen LogP) is 2.64. The molecule has 0 amide bonds. The molecule has 1 saturated carbocycles. The van der Waals surface area contributed by atoms with Crippen molar-refractivity contribution in [2.45, 2.75) is 32.1 Å². The molecule has 66 valence electrons. The first-order chi connectivity index (χ1) is 6.29. The van der Waals surface area contributed by atoms with Gasteiger partial charge in [-0.15, -0.1) is 6.42 Å². The van der Waals surface area contributed by atoms with Crippen molar-refractivity contribution in [2.75, 3.05) is 0 Å². The zero-order valence-corrected chi connectivity index (χ0v) is 7.88. The van der Waals surface area contributed by atoms with Gasteiger partial charge in [0.1, 0.15) is 0 Å². The summed E-state index contributed by atoms with van der Waals surface area (Å²) >= 11 is 0. The minimum absolute atomic E-state index is 0.673. The Hall–Kier alpha value is -1.29. The number of aromatic nitrogens is 1. The number of rotatable bonds is 1. The molecule has 0 aromatic carbocycles. The summed E-state index contributed by atoms with van der Waals surface area (Å²) in [5.41, 5.74) is 3.20. The average molecular weight is 171 g/mol. The van der Waals surface area contributed by atoms with E-state index in [1.54, 1.807) is 0 Å². The van der Waals surface area contributed by atoms with Crippen LogP contribution in [0.5, 0.6) is 0 Å². The van der Waals surface area contributed by atoms with Crippen LogP contribution in [0.1, 0.15) is 42.1 Å². The van der Waals surface area contributed by atoms with Gasteiger partial charge in [-0.05, 0) is 31.9 Å². The lowest BCUT2D eigenvalue weighted by atomic mass is 9.82. The van der Waals surface area contributed by atoms with Crippen LogP contribution in [0.4, 0.5) is 0 Å². The van der Waals surface area contributed by atoms with E-state index in [2.05, 4.69) is 17.0 Å². The Morgan fingerprint density at radius 2 is 2.23 bits per heavy atom. The molecule has 1 aromatic rings. The van der Waals surface area contributed by atoms with Crippen molar-refractivity contribution in [1.29, 1.82) is 0 Å². The number of aryl methyl sites for hydroxylation is 1. The van der Waals surface area contributed by atoms with Gasteiger partial charge in [0.15, 0.2) is 0 Å². The van der Waals surface area contributed by atoms with Crippen molar-refractivity contribution in [2.24, 2.45) is 0 Å². The minimum Gasteiger partial charge on any atom is -0.258 e. The highest BCUT2D eigenvalue weighted by Crippen LogP contribution is 2.35. The zero-order valence-electron chi connectivity index (χ0n) is 7.88. The highest BCUT2D eigenvalue weighted by atomic mass is 14.7. The van der Waals surface area contributed by atoms with Crippen molar-refractivity contribution in [1.82, 2.24) is 4.98 Å². The van der Waals surface area contributed by atoms with E-state index < -0.39 is 0 Å². The fourth-order valence-corrected chi connectivity index (χ4v) is 1.69. The fraction of sp³-hybridized carbons (Fsp3) is 0.417. The van der Waals surface area contributed by atoms with Gasteiger partial charge in [-0.3, -0.25) is 4.98 Å². The highest BCUT2D eigenvalue weighted by Gasteiger charge is 2.20. The van der Waals surface area contributed by atoms with E-state index in [0.717, 1.165) is 11.3 Å². The van der Waals surface area contributed by atoms with Gasteiger partial charge in [0.05, 0.1) is 0 Å². The Balaban J connectivity index is 2.35. The van der Waals surface area contributed by atoms with E-state index in [9.17, 15) is 0 Å². The molecule has 0 N–H and O–H groups in total. The van der Waals surface area contributed by atoms with Crippen molar-refractivity contribution in [3.8, 4) is 12.3 Å². The van der Waals surface area contributed by atoms with Crippen LogP contribution in [0.15, 0.2) is 12.1 Å². The normalized spacial score (nSPS) is 16.3. The van der Waals surface area contributed by atoms with Gasteiger partial charge in [-0.25, -0.2) is 0 Å². The molecule has 1 nitrogen and oxygen atoms in total. The molecule has 0 bridgehead atoms. The third kappa shape index (κ3) is 1.58.